The van der Waals surface area contributed by atoms with Gasteiger partial charge in [-0.05, 0) is 25.1 Å². The number of nitrogens with zero attached hydrogens (tertiary/aromatic N) is 3. The van der Waals surface area contributed by atoms with E-state index in [2.05, 4.69) is 11.1 Å². The lowest BCUT2D eigenvalue weighted by molar-refractivity contribution is -0.384. The number of rotatable bonds is 3. The smallest absolute Gasteiger partial charge is 0.270 e. The summed E-state index contributed by atoms with van der Waals surface area (Å²) in [6.07, 6.45) is 0. The molecule has 0 bridgehead atoms. The second kappa shape index (κ2) is 6.10. The second-order valence-electron chi connectivity index (χ2n) is 5.14. The summed E-state index contributed by atoms with van der Waals surface area (Å²) in [6, 6.07) is 13.9. The zero-order valence-electron chi connectivity index (χ0n) is 12.7. The van der Waals surface area contributed by atoms with Gasteiger partial charge in [-0.15, -0.1) is 11.3 Å². The van der Waals surface area contributed by atoms with Gasteiger partial charge in [0.2, 0.25) is 0 Å². The summed E-state index contributed by atoms with van der Waals surface area (Å²) in [5.74, 6) is 0.113. The van der Waals surface area contributed by atoms with E-state index in [0.29, 0.717) is 22.4 Å². The minimum atomic E-state index is -0.458. The van der Waals surface area contributed by atoms with Gasteiger partial charge >= 0.3 is 0 Å². The zero-order chi connectivity index (χ0) is 17.3. The molecule has 0 saturated carbocycles. The van der Waals surface area contributed by atoms with Crippen LogP contribution in [0, 0.1) is 28.4 Å². The Morgan fingerprint density at radius 2 is 2.08 bits per heavy atom. The van der Waals surface area contributed by atoms with Crippen molar-refractivity contribution in [1.82, 2.24) is 4.98 Å². The maximum atomic E-state index is 11.0. The molecular formula is C17H12N4O2S. The standard InChI is InChI=1S/C17H12N4O2S/c1-10-5-6-16(24-10)13-8-15(20-17(19)14(13)9-18)11-3-2-4-12(7-11)21(22)23/h2-8H,1H3,(H2,19,20). The van der Waals surface area contributed by atoms with Crippen LogP contribution < -0.4 is 5.73 Å². The fourth-order valence-corrected chi connectivity index (χ4v) is 3.27. The van der Waals surface area contributed by atoms with Crippen LogP contribution in [0.25, 0.3) is 21.7 Å². The predicted octanol–water partition coefficient (Wildman–Crippen LogP) is 4.15. The number of nitrogen functional groups attached to an aromatic ring is 1. The molecule has 24 heavy (non-hydrogen) atoms. The van der Waals surface area contributed by atoms with Gasteiger partial charge in [-0.3, -0.25) is 10.1 Å². The Hall–Kier alpha value is -3.24. The van der Waals surface area contributed by atoms with Crippen LogP contribution in [0.1, 0.15) is 10.4 Å². The quantitative estimate of drug-likeness (QED) is 0.571. The molecule has 0 aliphatic rings. The third-order valence-corrected chi connectivity index (χ3v) is 4.55. The highest BCUT2D eigenvalue weighted by atomic mass is 32.1. The third-order valence-electron chi connectivity index (χ3n) is 3.52. The summed E-state index contributed by atoms with van der Waals surface area (Å²) in [4.78, 5) is 16.8. The summed E-state index contributed by atoms with van der Waals surface area (Å²) in [6.45, 7) is 1.98. The Morgan fingerprint density at radius 1 is 1.29 bits per heavy atom. The zero-order valence-corrected chi connectivity index (χ0v) is 13.5. The average molecular weight is 336 g/mol. The first-order chi connectivity index (χ1) is 11.5. The highest BCUT2D eigenvalue weighted by Gasteiger charge is 2.16. The number of aromatic nitrogens is 1. The molecule has 6 nitrogen and oxygen atoms in total. The van der Waals surface area contributed by atoms with Crippen LogP contribution in [0.3, 0.4) is 0 Å². The predicted molar refractivity (Wildman–Crippen MR) is 93.5 cm³/mol. The van der Waals surface area contributed by atoms with Crippen molar-refractivity contribution in [1.29, 1.82) is 5.26 Å². The normalized spacial score (nSPS) is 10.3. The number of non-ortho nitro benzene ring substituents is 1. The molecule has 2 heterocycles. The van der Waals surface area contributed by atoms with Crippen LogP contribution in [-0.4, -0.2) is 9.91 Å². The molecule has 0 aliphatic carbocycles. The van der Waals surface area contributed by atoms with Crippen molar-refractivity contribution in [2.24, 2.45) is 0 Å². The van der Waals surface area contributed by atoms with Crippen LogP contribution >= 0.6 is 11.3 Å². The molecule has 0 atom stereocenters. The summed E-state index contributed by atoms with van der Waals surface area (Å²) >= 11 is 1.55. The van der Waals surface area contributed by atoms with Gasteiger partial charge in [0.1, 0.15) is 17.5 Å². The van der Waals surface area contributed by atoms with Gasteiger partial charge in [0.25, 0.3) is 5.69 Å². The molecule has 3 rings (SSSR count). The number of nitriles is 1. The van der Waals surface area contributed by atoms with Crippen molar-refractivity contribution in [3.63, 3.8) is 0 Å². The molecule has 0 unspecified atom stereocenters. The number of hydrogen-bond acceptors (Lipinski definition) is 6. The van der Waals surface area contributed by atoms with E-state index in [-0.39, 0.29) is 11.5 Å². The molecule has 7 heteroatoms. The van der Waals surface area contributed by atoms with Gasteiger partial charge < -0.3 is 5.73 Å². The number of benzene rings is 1. The summed E-state index contributed by atoms with van der Waals surface area (Å²) < 4.78 is 0. The number of aryl methyl sites for hydroxylation is 1. The fraction of sp³-hybridized carbons (Fsp3) is 0.0588. The number of nitro groups is 1. The van der Waals surface area contributed by atoms with Crippen LogP contribution in [0.5, 0.6) is 0 Å². The molecule has 0 fully saturated rings. The maximum Gasteiger partial charge on any atom is 0.270 e. The largest absolute Gasteiger partial charge is 0.383 e. The molecule has 118 valence electrons. The van der Waals surface area contributed by atoms with Crippen LogP contribution in [0.4, 0.5) is 11.5 Å². The second-order valence-corrected chi connectivity index (χ2v) is 6.43. The number of nitro benzene ring substituents is 1. The Labute approximate surface area is 142 Å². The van der Waals surface area contributed by atoms with Gasteiger partial charge in [0.05, 0.1) is 10.6 Å². The van der Waals surface area contributed by atoms with E-state index in [9.17, 15) is 15.4 Å². The van der Waals surface area contributed by atoms with Crippen molar-refractivity contribution in [2.75, 3.05) is 5.73 Å². The number of anilines is 1. The van der Waals surface area contributed by atoms with E-state index in [1.165, 1.54) is 12.1 Å². The first-order valence-corrected chi connectivity index (χ1v) is 7.83. The topological polar surface area (TPSA) is 106 Å². The van der Waals surface area contributed by atoms with Crippen LogP contribution in [0.2, 0.25) is 0 Å². The number of nitrogens with two attached hydrogens (primary N) is 1. The van der Waals surface area contributed by atoms with Crippen molar-refractivity contribution in [3.8, 4) is 27.8 Å². The first-order valence-electron chi connectivity index (χ1n) is 7.02. The van der Waals surface area contributed by atoms with Gasteiger partial charge in [-0.25, -0.2) is 4.98 Å². The summed E-state index contributed by atoms with van der Waals surface area (Å²) in [5, 5.41) is 20.4. The molecule has 0 amide bonds. The molecule has 0 spiro atoms. The third kappa shape index (κ3) is 2.83. The highest BCUT2D eigenvalue weighted by molar-refractivity contribution is 7.15. The fourth-order valence-electron chi connectivity index (χ4n) is 2.38. The molecular weight excluding hydrogens is 324 g/mol. The lowest BCUT2D eigenvalue weighted by atomic mass is 10.0. The van der Waals surface area contributed by atoms with E-state index in [0.717, 1.165) is 9.75 Å². The number of pyridine rings is 1. The SMILES string of the molecule is Cc1ccc(-c2cc(-c3cccc([N+](=O)[O-])c3)nc(N)c2C#N)s1. The van der Waals surface area contributed by atoms with Crippen molar-refractivity contribution in [3.05, 3.63) is 63.0 Å². The number of hydrogen-bond donors (Lipinski definition) is 1. The Bertz CT molecular complexity index is 988. The number of thiophene rings is 1. The van der Waals surface area contributed by atoms with E-state index in [1.54, 1.807) is 29.5 Å². The molecule has 1 aromatic carbocycles. The van der Waals surface area contributed by atoms with Gasteiger partial charge in [-0.2, -0.15) is 5.26 Å². The summed E-state index contributed by atoms with van der Waals surface area (Å²) in [5.41, 5.74) is 8.00. The van der Waals surface area contributed by atoms with E-state index in [1.807, 2.05) is 19.1 Å². The van der Waals surface area contributed by atoms with Crippen molar-refractivity contribution in [2.45, 2.75) is 6.92 Å². The van der Waals surface area contributed by atoms with Crippen molar-refractivity contribution >= 4 is 22.8 Å². The Morgan fingerprint density at radius 3 is 2.71 bits per heavy atom. The Balaban J connectivity index is 2.21. The highest BCUT2D eigenvalue weighted by Crippen LogP contribution is 2.35. The molecule has 2 aromatic heterocycles. The van der Waals surface area contributed by atoms with Gasteiger partial charge in [0.15, 0.2) is 0 Å². The monoisotopic (exact) mass is 336 g/mol. The van der Waals surface area contributed by atoms with E-state index < -0.39 is 4.92 Å². The van der Waals surface area contributed by atoms with Crippen molar-refractivity contribution < 1.29 is 4.92 Å². The average Bonchev–Trinajstić information content (AvgIpc) is 3.00. The lowest BCUT2D eigenvalue weighted by Gasteiger charge is -2.08. The lowest BCUT2D eigenvalue weighted by Crippen LogP contribution is -1.99. The van der Waals surface area contributed by atoms with E-state index >= 15 is 0 Å². The molecule has 0 saturated heterocycles. The van der Waals surface area contributed by atoms with E-state index in [4.69, 9.17) is 5.73 Å². The first kappa shape index (κ1) is 15.6. The molecule has 3 aromatic rings. The molecule has 0 aliphatic heterocycles. The minimum absolute atomic E-state index is 0.0225. The summed E-state index contributed by atoms with van der Waals surface area (Å²) in [7, 11) is 0. The molecule has 0 radical (unpaired) electrons. The Kier molecular flexibility index (Phi) is 3.98. The van der Waals surface area contributed by atoms with Gasteiger partial charge in [0, 0.05) is 33.0 Å². The minimum Gasteiger partial charge on any atom is -0.383 e. The van der Waals surface area contributed by atoms with Gasteiger partial charge in [-0.1, -0.05) is 12.1 Å². The van der Waals surface area contributed by atoms with Crippen LogP contribution in [-0.2, 0) is 0 Å². The van der Waals surface area contributed by atoms with Crippen LogP contribution in [0.15, 0.2) is 42.5 Å². The molecule has 2 N–H and O–H groups in total. The maximum absolute atomic E-state index is 11.0.